The van der Waals surface area contributed by atoms with Gasteiger partial charge in [-0.3, -0.25) is 4.79 Å². The second kappa shape index (κ2) is 6.04. The molecule has 1 aromatic rings. The average Bonchev–Trinajstić information content (AvgIpc) is 2.41. The summed E-state index contributed by atoms with van der Waals surface area (Å²) >= 11 is 3.52. The van der Waals surface area contributed by atoms with E-state index >= 15 is 0 Å². The van der Waals surface area contributed by atoms with Crippen LogP contribution in [0.2, 0.25) is 0 Å². The van der Waals surface area contributed by atoms with E-state index in [9.17, 15) is 15.0 Å². The Kier molecular flexibility index (Phi) is 4.58. The lowest BCUT2D eigenvalue weighted by atomic mass is 9.77. The molecule has 110 valence electrons. The quantitative estimate of drug-likeness (QED) is 0.584. The molecule has 1 aliphatic rings. The molecule has 4 nitrogen and oxygen atoms in total. The normalized spacial score (nSPS) is 26.2. The number of phenols is 2. The number of alkyl halides is 1. The van der Waals surface area contributed by atoms with Crippen LogP contribution in [0.5, 0.6) is 11.5 Å². The smallest absolute Gasteiger partial charge is 0.251 e. The minimum Gasteiger partial charge on any atom is -0.504 e. The maximum absolute atomic E-state index is 12.3. The van der Waals surface area contributed by atoms with Gasteiger partial charge in [-0.1, -0.05) is 35.7 Å². The number of amides is 1. The minimum atomic E-state index is -0.275. The van der Waals surface area contributed by atoms with Gasteiger partial charge in [0.1, 0.15) is 0 Å². The Morgan fingerprint density at radius 2 is 2.20 bits per heavy atom. The van der Waals surface area contributed by atoms with Gasteiger partial charge in [0.15, 0.2) is 11.5 Å². The minimum absolute atomic E-state index is 0.214. The van der Waals surface area contributed by atoms with Gasteiger partial charge in [0, 0.05) is 10.9 Å². The van der Waals surface area contributed by atoms with Gasteiger partial charge in [0.05, 0.1) is 5.54 Å². The molecular formula is C15H20BrNO3. The lowest BCUT2D eigenvalue weighted by molar-refractivity contribution is 0.0869. The molecule has 0 heterocycles. The number of carbonyl (C=O) groups excluding carboxylic acids is 1. The average molecular weight is 342 g/mol. The van der Waals surface area contributed by atoms with Gasteiger partial charge in [-0.2, -0.15) is 0 Å². The number of rotatable bonds is 3. The van der Waals surface area contributed by atoms with Gasteiger partial charge >= 0.3 is 0 Å². The highest BCUT2D eigenvalue weighted by atomic mass is 79.9. The summed E-state index contributed by atoms with van der Waals surface area (Å²) in [7, 11) is 0. The van der Waals surface area contributed by atoms with Crippen molar-refractivity contribution in [1.29, 1.82) is 0 Å². The molecule has 0 saturated heterocycles. The second-order valence-electron chi connectivity index (χ2n) is 5.77. The third-order valence-corrected chi connectivity index (χ3v) is 5.04. The van der Waals surface area contributed by atoms with Crippen molar-refractivity contribution in [1.82, 2.24) is 5.32 Å². The summed E-state index contributed by atoms with van der Waals surface area (Å²) in [5.74, 6) is -0.116. The summed E-state index contributed by atoms with van der Waals surface area (Å²) in [5, 5.41) is 22.6. The molecule has 0 aromatic heterocycles. The van der Waals surface area contributed by atoms with E-state index in [1.807, 2.05) is 0 Å². The monoisotopic (exact) mass is 341 g/mol. The van der Waals surface area contributed by atoms with Crippen molar-refractivity contribution in [2.24, 2.45) is 5.92 Å². The predicted molar refractivity (Wildman–Crippen MR) is 81.4 cm³/mol. The van der Waals surface area contributed by atoms with Crippen LogP contribution >= 0.6 is 15.9 Å². The van der Waals surface area contributed by atoms with Gasteiger partial charge < -0.3 is 15.5 Å². The Morgan fingerprint density at radius 1 is 1.45 bits per heavy atom. The molecule has 5 heteroatoms. The molecule has 1 amide bonds. The molecule has 0 aliphatic heterocycles. The van der Waals surface area contributed by atoms with Crippen LogP contribution in [0.15, 0.2) is 18.2 Å². The van der Waals surface area contributed by atoms with Gasteiger partial charge in [0.2, 0.25) is 0 Å². The third kappa shape index (κ3) is 3.26. The summed E-state index contributed by atoms with van der Waals surface area (Å²) in [6, 6.07) is 4.13. The molecule has 1 aliphatic carbocycles. The molecule has 1 fully saturated rings. The molecule has 2 rings (SSSR count). The largest absolute Gasteiger partial charge is 0.504 e. The van der Waals surface area contributed by atoms with Crippen LogP contribution in [0.25, 0.3) is 0 Å². The SMILES string of the molecule is CC1CCCC(CBr)(NC(=O)c2ccc(O)c(O)c2)C1. The van der Waals surface area contributed by atoms with Crippen LogP contribution < -0.4 is 5.32 Å². The number of aromatic hydroxyl groups is 2. The highest BCUT2D eigenvalue weighted by molar-refractivity contribution is 9.09. The fourth-order valence-corrected chi connectivity index (χ4v) is 3.56. The molecule has 2 atom stereocenters. The van der Waals surface area contributed by atoms with Gasteiger partial charge in [-0.15, -0.1) is 0 Å². The standard InChI is InChI=1S/C15H20BrNO3/c1-10-3-2-6-15(8-10,9-16)17-14(20)11-4-5-12(18)13(19)7-11/h4-5,7,10,18-19H,2-3,6,8-9H2,1H3,(H,17,20). The lowest BCUT2D eigenvalue weighted by Gasteiger charge is -2.39. The highest BCUT2D eigenvalue weighted by Gasteiger charge is 2.35. The number of carbonyl (C=O) groups is 1. The molecule has 3 N–H and O–H groups in total. The van der Waals surface area contributed by atoms with E-state index < -0.39 is 0 Å². The van der Waals surface area contributed by atoms with Crippen molar-refractivity contribution in [2.75, 3.05) is 5.33 Å². The first-order valence-electron chi connectivity index (χ1n) is 6.86. The predicted octanol–water partition coefficient (Wildman–Crippen LogP) is 3.17. The molecular weight excluding hydrogens is 322 g/mol. The first-order chi connectivity index (χ1) is 9.46. The van der Waals surface area contributed by atoms with Crippen molar-refractivity contribution < 1.29 is 15.0 Å². The molecule has 0 bridgehead atoms. The topological polar surface area (TPSA) is 69.6 Å². The Labute approximate surface area is 127 Å². The van der Waals surface area contributed by atoms with E-state index in [0.29, 0.717) is 11.5 Å². The zero-order chi connectivity index (χ0) is 14.8. The number of halogens is 1. The summed E-state index contributed by atoms with van der Waals surface area (Å²) in [6.07, 6.45) is 4.21. The van der Waals surface area contributed by atoms with E-state index in [0.717, 1.165) is 24.6 Å². The van der Waals surface area contributed by atoms with Crippen LogP contribution in [-0.2, 0) is 0 Å². The summed E-state index contributed by atoms with van der Waals surface area (Å²) in [6.45, 7) is 2.20. The fraction of sp³-hybridized carbons (Fsp3) is 0.533. The van der Waals surface area contributed by atoms with Gasteiger partial charge in [-0.05, 0) is 37.0 Å². The zero-order valence-corrected chi connectivity index (χ0v) is 13.1. The first kappa shape index (κ1) is 15.2. The molecule has 2 unspecified atom stereocenters. The Morgan fingerprint density at radius 3 is 2.80 bits per heavy atom. The number of nitrogens with one attached hydrogen (secondary N) is 1. The van der Waals surface area contributed by atoms with Gasteiger partial charge in [0.25, 0.3) is 5.91 Å². The summed E-state index contributed by atoms with van der Waals surface area (Å²) in [4.78, 5) is 12.3. The maximum atomic E-state index is 12.3. The molecule has 20 heavy (non-hydrogen) atoms. The van der Waals surface area contributed by atoms with Crippen LogP contribution in [-0.4, -0.2) is 27.0 Å². The van der Waals surface area contributed by atoms with Crippen LogP contribution in [0.4, 0.5) is 0 Å². The Bertz CT molecular complexity index is 506. The molecule has 0 radical (unpaired) electrons. The lowest BCUT2D eigenvalue weighted by Crippen LogP contribution is -2.52. The van der Waals surface area contributed by atoms with Crippen LogP contribution in [0.1, 0.15) is 43.0 Å². The van der Waals surface area contributed by atoms with Crippen molar-refractivity contribution in [3.8, 4) is 11.5 Å². The Balaban J connectivity index is 2.14. The maximum Gasteiger partial charge on any atom is 0.251 e. The Hall–Kier alpha value is -1.23. The van der Waals surface area contributed by atoms with Crippen molar-refractivity contribution in [2.45, 2.75) is 38.1 Å². The highest BCUT2D eigenvalue weighted by Crippen LogP contribution is 2.34. The zero-order valence-electron chi connectivity index (χ0n) is 11.5. The second-order valence-corrected chi connectivity index (χ2v) is 6.33. The fourth-order valence-electron chi connectivity index (χ4n) is 2.91. The number of hydrogen-bond acceptors (Lipinski definition) is 3. The van der Waals surface area contributed by atoms with E-state index in [-0.39, 0.29) is 22.9 Å². The molecule has 0 spiro atoms. The first-order valence-corrected chi connectivity index (χ1v) is 7.98. The van der Waals surface area contributed by atoms with Crippen LogP contribution in [0, 0.1) is 5.92 Å². The third-order valence-electron chi connectivity index (χ3n) is 3.96. The van der Waals surface area contributed by atoms with Crippen molar-refractivity contribution >= 4 is 21.8 Å². The molecule has 1 saturated carbocycles. The number of benzene rings is 1. The van der Waals surface area contributed by atoms with Crippen molar-refractivity contribution in [3.05, 3.63) is 23.8 Å². The van der Waals surface area contributed by atoms with E-state index in [2.05, 4.69) is 28.2 Å². The number of hydrogen-bond donors (Lipinski definition) is 3. The summed E-state index contributed by atoms with van der Waals surface area (Å²) < 4.78 is 0. The van der Waals surface area contributed by atoms with Gasteiger partial charge in [-0.25, -0.2) is 0 Å². The van der Waals surface area contributed by atoms with Crippen LogP contribution in [0.3, 0.4) is 0 Å². The van der Waals surface area contributed by atoms with Crippen molar-refractivity contribution in [3.63, 3.8) is 0 Å². The van der Waals surface area contributed by atoms with E-state index in [4.69, 9.17) is 0 Å². The number of phenolic OH excluding ortho intramolecular Hbond substituents is 2. The summed E-state index contributed by atoms with van der Waals surface area (Å²) in [5.41, 5.74) is 0.140. The molecule has 1 aromatic carbocycles. The van der Waals surface area contributed by atoms with E-state index in [1.165, 1.54) is 24.6 Å². The van der Waals surface area contributed by atoms with E-state index in [1.54, 1.807) is 0 Å².